The van der Waals surface area contributed by atoms with Crippen LogP contribution in [-0.4, -0.2) is 39.4 Å². The number of carboxylic acids is 1. The van der Waals surface area contributed by atoms with E-state index in [9.17, 15) is 18.0 Å². The molecule has 2 N–H and O–H groups in total. The molecule has 0 fully saturated rings. The third-order valence-corrected chi connectivity index (χ3v) is 5.30. The molecule has 0 spiro atoms. The summed E-state index contributed by atoms with van der Waals surface area (Å²) in [6.07, 6.45) is 1.11. The number of benzene rings is 1. The SMILES string of the molecule is Cn1c(C(=O)O)cnc1CN1C(=O)Nc2ccccc2S1(=O)=O. The summed E-state index contributed by atoms with van der Waals surface area (Å²) in [6, 6.07) is 5.23. The lowest BCUT2D eigenvalue weighted by molar-refractivity contribution is 0.0686. The molecule has 0 bridgehead atoms. The zero-order valence-corrected chi connectivity index (χ0v) is 12.7. The predicted molar refractivity (Wildman–Crippen MR) is 78.4 cm³/mol. The smallest absolute Gasteiger partial charge is 0.354 e. The van der Waals surface area contributed by atoms with E-state index >= 15 is 0 Å². The van der Waals surface area contributed by atoms with Gasteiger partial charge in [-0.05, 0) is 12.1 Å². The highest BCUT2D eigenvalue weighted by Crippen LogP contribution is 2.30. The molecule has 1 aromatic carbocycles. The molecule has 2 aromatic rings. The number of nitrogens with zero attached hydrogens (tertiary/aromatic N) is 3. The van der Waals surface area contributed by atoms with Crippen LogP contribution in [-0.2, 0) is 23.6 Å². The Labute approximate surface area is 131 Å². The molecule has 1 aromatic heterocycles. The zero-order chi connectivity index (χ0) is 16.8. The quantitative estimate of drug-likeness (QED) is 0.857. The minimum Gasteiger partial charge on any atom is -0.477 e. The molecule has 2 heterocycles. The van der Waals surface area contributed by atoms with Crippen molar-refractivity contribution < 1.29 is 23.1 Å². The largest absolute Gasteiger partial charge is 0.477 e. The molecule has 0 atom stereocenters. The van der Waals surface area contributed by atoms with Gasteiger partial charge < -0.3 is 15.0 Å². The van der Waals surface area contributed by atoms with Crippen LogP contribution in [0.2, 0.25) is 0 Å². The van der Waals surface area contributed by atoms with Crippen molar-refractivity contribution in [2.75, 3.05) is 5.32 Å². The van der Waals surface area contributed by atoms with E-state index in [0.717, 1.165) is 6.20 Å². The molecule has 0 radical (unpaired) electrons. The van der Waals surface area contributed by atoms with Gasteiger partial charge in [0.05, 0.1) is 18.4 Å². The molecular formula is C13H12N4O5S. The van der Waals surface area contributed by atoms with Gasteiger partial charge in [0.1, 0.15) is 16.4 Å². The number of anilines is 1. The van der Waals surface area contributed by atoms with E-state index in [1.165, 1.54) is 23.7 Å². The summed E-state index contributed by atoms with van der Waals surface area (Å²) in [5.74, 6) is -1.05. The maximum atomic E-state index is 12.6. The fourth-order valence-electron chi connectivity index (χ4n) is 2.28. The number of imidazole rings is 1. The highest BCUT2D eigenvalue weighted by Gasteiger charge is 2.37. The van der Waals surface area contributed by atoms with E-state index in [1.807, 2.05) is 0 Å². The van der Waals surface area contributed by atoms with Gasteiger partial charge in [0.15, 0.2) is 0 Å². The molecule has 0 aliphatic carbocycles. The number of amides is 2. The third kappa shape index (κ3) is 2.32. The Morgan fingerprint density at radius 1 is 1.35 bits per heavy atom. The van der Waals surface area contributed by atoms with Crippen LogP contribution in [0.4, 0.5) is 10.5 Å². The van der Waals surface area contributed by atoms with Crippen molar-refractivity contribution in [2.24, 2.45) is 7.05 Å². The third-order valence-electron chi connectivity index (χ3n) is 3.51. The zero-order valence-electron chi connectivity index (χ0n) is 11.9. The molecule has 9 nitrogen and oxygen atoms in total. The van der Waals surface area contributed by atoms with Crippen LogP contribution in [0.5, 0.6) is 0 Å². The maximum Gasteiger partial charge on any atom is 0.354 e. The molecule has 0 saturated carbocycles. The maximum absolute atomic E-state index is 12.6. The Kier molecular flexibility index (Phi) is 3.33. The number of hydrogen-bond donors (Lipinski definition) is 2. The molecular weight excluding hydrogens is 324 g/mol. The fraction of sp³-hybridized carbons (Fsp3) is 0.154. The molecule has 0 saturated heterocycles. The van der Waals surface area contributed by atoms with Crippen molar-refractivity contribution in [3.8, 4) is 0 Å². The Balaban J connectivity index is 2.01. The Hall–Kier alpha value is -2.88. The monoisotopic (exact) mass is 336 g/mol. The molecule has 10 heteroatoms. The number of sulfonamides is 1. The number of urea groups is 1. The second-order valence-electron chi connectivity index (χ2n) is 4.86. The van der Waals surface area contributed by atoms with Gasteiger partial charge in [-0.3, -0.25) is 0 Å². The predicted octanol–water partition coefficient (Wildman–Crippen LogP) is 0.855. The van der Waals surface area contributed by atoms with E-state index in [1.54, 1.807) is 12.1 Å². The lowest BCUT2D eigenvalue weighted by Crippen LogP contribution is -2.43. The Bertz CT molecular complexity index is 918. The molecule has 1 aliphatic rings. The van der Waals surface area contributed by atoms with Crippen molar-refractivity contribution in [1.82, 2.24) is 13.9 Å². The topological polar surface area (TPSA) is 122 Å². The van der Waals surface area contributed by atoms with Crippen LogP contribution >= 0.6 is 0 Å². The Morgan fingerprint density at radius 3 is 2.70 bits per heavy atom. The van der Waals surface area contributed by atoms with Gasteiger partial charge in [-0.2, -0.15) is 0 Å². The van der Waals surface area contributed by atoms with E-state index < -0.39 is 22.0 Å². The number of para-hydroxylation sites is 1. The lowest BCUT2D eigenvalue weighted by atomic mass is 10.3. The number of carboxylic acid groups (broad SMARTS) is 1. The molecule has 23 heavy (non-hydrogen) atoms. The number of carbonyl (C=O) groups is 2. The van der Waals surface area contributed by atoms with Gasteiger partial charge in [0, 0.05) is 7.05 Å². The first-order chi connectivity index (χ1) is 10.8. The summed E-state index contributed by atoms with van der Waals surface area (Å²) in [5, 5.41) is 11.5. The second kappa shape index (κ2) is 5.09. The van der Waals surface area contributed by atoms with Gasteiger partial charge in [-0.1, -0.05) is 12.1 Å². The number of aromatic nitrogens is 2. The summed E-state index contributed by atoms with van der Waals surface area (Å²) in [4.78, 5) is 27.0. The second-order valence-corrected chi connectivity index (χ2v) is 6.69. The standard InChI is InChI=1S/C13H12N4O5S/c1-16-9(12(18)19)6-14-11(16)7-17-13(20)15-8-4-2-3-5-10(8)23(17,21)22/h2-6H,7H2,1H3,(H,15,20)(H,18,19). The minimum absolute atomic E-state index is 0.0210. The molecule has 2 amide bonds. The van der Waals surface area contributed by atoms with Crippen LogP contribution in [0, 0.1) is 0 Å². The summed E-state index contributed by atoms with van der Waals surface area (Å²) in [7, 11) is -2.60. The van der Waals surface area contributed by atoms with Gasteiger partial charge in [0.25, 0.3) is 10.0 Å². The average Bonchev–Trinajstić information content (AvgIpc) is 2.85. The number of aromatic carboxylic acids is 1. The number of fused-ring (bicyclic) bond motifs is 1. The number of carbonyl (C=O) groups excluding carboxylic acids is 1. The minimum atomic E-state index is -4.04. The summed E-state index contributed by atoms with van der Waals surface area (Å²) >= 11 is 0. The summed E-state index contributed by atoms with van der Waals surface area (Å²) in [5.41, 5.74) is 0.107. The van der Waals surface area contributed by atoms with E-state index in [-0.39, 0.29) is 28.6 Å². The van der Waals surface area contributed by atoms with Gasteiger partial charge in [0.2, 0.25) is 0 Å². The van der Waals surface area contributed by atoms with E-state index in [4.69, 9.17) is 5.11 Å². The highest BCUT2D eigenvalue weighted by atomic mass is 32.2. The van der Waals surface area contributed by atoms with E-state index in [2.05, 4.69) is 10.3 Å². The van der Waals surface area contributed by atoms with Crippen molar-refractivity contribution in [2.45, 2.75) is 11.4 Å². The lowest BCUT2D eigenvalue weighted by Gasteiger charge is -2.28. The van der Waals surface area contributed by atoms with Gasteiger partial charge in [-0.25, -0.2) is 27.3 Å². The van der Waals surface area contributed by atoms with Crippen molar-refractivity contribution >= 4 is 27.7 Å². The summed E-state index contributed by atoms with van der Waals surface area (Å²) < 4.78 is 27.0. The van der Waals surface area contributed by atoms with Crippen LogP contribution in [0.1, 0.15) is 16.3 Å². The fourth-order valence-corrected chi connectivity index (χ4v) is 3.71. The van der Waals surface area contributed by atoms with Crippen LogP contribution in [0.15, 0.2) is 35.4 Å². The number of nitrogens with one attached hydrogen (secondary N) is 1. The van der Waals surface area contributed by atoms with Crippen LogP contribution < -0.4 is 5.32 Å². The van der Waals surface area contributed by atoms with Crippen molar-refractivity contribution in [3.05, 3.63) is 42.0 Å². The highest BCUT2D eigenvalue weighted by molar-refractivity contribution is 7.90. The van der Waals surface area contributed by atoms with Crippen molar-refractivity contribution in [1.29, 1.82) is 0 Å². The number of rotatable bonds is 3. The van der Waals surface area contributed by atoms with Gasteiger partial charge >= 0.3 is 12.0 Å². The normalized spacial score (nSPS) is 15.9. The van der Waals surface area contributed by atoms with E-state index in [0.29, 0.717) is 4.31 Å². The first kappa shape index (κ1) is 15.0. The Morgan fingerprint density at radius 2 is 2.04 bits per heavy atom. The molecule has 0 unspecified atom stereocenters. The van der Waals surface area contributed by atoms with Crippen LogP contribution in [0.3, 0.4) is 0 Å². The molecule has 120 valence electrons. The van der Waals surface area contributed by atoms with Gasteiger partial charge in [-0.15, -0.1) is 0 Å². The number of hydrogen-bond acceptors (Lipinski definition) is 5. The first-order valence-corrected chi connectivity index (χ1v) is 7.93. The average molecular weight is 336 g/mol. The van der Waals surface area contributed by atoms with Crippen molar-refractivity contribution in [3.63, 3.8) is 0 Å². The molecule has 3 rings (SSSR count). The first-order valence-electron chi connectivity index (χ1n) is 6.49. The van der Waals surface area contributed by atoms with Crippen LogP contribution in [0.25, 0.3) is 0 Å². The summed E-state index contributed by atoms with van der Waals surface area (Å²) in [6.45, 7) is -0.369. The molecule has 1 aliphatic heterocycles.